The van der Waals surface area contributed by atoms with E-state index in [1.54, 1.807) is 36.4 Å². The molecular weight excluding hydrogens is 299 g/mol. The van der Waals surface area contributed by atoms with Crippen molar-refractivity contribution in [2.75, 3.05) is 5.32 Å². The fourth-order valence-corrected chi connectivity index (χ4v) is 2.56. The van der Waals surface area contributed by atoms with E-state index in [1.807, 2.05) is 0 Å². The zero-order valence-corrected chi connectivity index (χ0v) is 11.7. The van der Waals surface area contributed by atoms with Gasteiger partial charge in [-0.15, -0.1) is 0 Å². The highest BCUT2D eigenvalue weighted by Gasteiger charge is 2.27. The lowest BCUT2D eigenvalue weighted by Crippen LogP contribution is -2.19. The van der Waals surface area contributed by atoms with Crippen LogP contribution in [0.5, 0.6) is 11.5 Å². The van der Waals surface area contributed by atoms with Crippen LogP contribution in [0, 0.1) is 0 Å². The molecule has 1 heterocycles. The summed E-state index contributed by atoms with van der Waals surface area (Å²) in [5.41, 5.74) is 7.16. The molecular formula is C14H10Cl2N2O2. The molecule has 1 unspecified atom stereocenters. The molecule has 20 heavy (non-hydrogen) atoms. The van der Waals surface area contributed by atoms with Crippen LogP contribution < -0.4 is 15.8 Å². The zero-order valence-electron chi connectivity index (χ0n) is 10.2. The van der Waals surface area contributed by atoms with Crippen molar-refractivity contribution >= 4 is 34.8 Å². The Labute approximate surface area is 125 Å². The monoisotopic (exact) mass is 308 g/mol. The van der Waals surface area contributed by atoms with Crippen molar-refractivity contribution in [1.29, 1.82) is 0 Å². The largest absolute Gasteiger partial charge is 0.457 e. The molecule has 0 spiro atoms. The molecule has 0 radical (unpaired) electrons. The average molecular weight is 309 g/mol. The van der Waals surface area contributed by atoms with E-state index in [1.165, 1.54) is 0 Å². The van der Waals surface area contributed by atoms with Crippen LogP contribution in [0.25, 0.3) is 0 Å². The van der Waals surface area contributed by atoms with E-state index in [-0.39, 0.29) is 5.91 Å². The van der Waals surface area contributed by atoms with Crippen LogP contribution >= 0.6 is 23.2 Å². The predicted octanol–water partition coefficient (Wildman–Crippen LogP) is 3.74. The van der Waals surface area contributed by atoms with Crippen molar-refractivity contribution in [1.82, 2.24) is 0 Å². The number of anilines is 1. The first kappa shape index (κ1) is 13.2. The first-order chi connectivity index (χ1) is 9.52. The number of rotatable bonds is 2. The molecule has 0 fully saturated rings. The number of hydrogen-bond donors (Lipinski definition) is 2. The highest BCUT2D eigenvalue weighted by atomic mass is 35.5. The number of hydrogen-bond acceptors (Lipinski definition) is 3. The summed E-state index contributed by atoms with van der Waals surface area (Å²) in [6.07, 6.45) is 0. The third-order valence-electron chi connectivity index (χ3n) is 2.97. The third kappa shape index (κ3) is 2.45. The lowest BCUT2D eigenvalue weighted by molar-refractivity contribution is -0.116. The number of fused-ring (bicyclic) bond motifs is 1. The quantitative estimate of drug-likeness (QED) is 0.888. The smallest absolute Gasteiger partial charge is 0.245 e. The number of carbonyl (C=O) groups is 1. The standard InChI is InChI=1S/C14H10Cl2N2O2/c15-7-3-8(16)5-10(4-7)20-9-1-2-11-12(6-9)18-14(19)13(11)17/h1-6,13H,17H2,(H,18,19). The summed E-state index contributed by atoms with van der Waals surface area (Å²) in [6.45, 7) is 0. The molecule has 1 atom stereocenters. The van der Waals surface area contributed by atoms with Crippen LogP contribution in [0.3, 0.4) is 0 Å². The van der Waals surface area contributed by atoms with E-state index in [9.17, 15) is 4.79 Å². The van der Waals surface area contributed by atoms with Gasteiger partial charge in [-0.05, 0) is 24.3 Å². The molecule has 102 valence electrons. The van der Waals surface area contributed by atoms with Crippen LogP contribution in [0.2, 0.25) is 10.0 Å². The van der Waals surface area contributed by atoms with Gasteiger partial charge in [-0.1, -0.05) is 29.3 Å². The molecule has 1 aliphatic rings. The highest BCUT2D eigenvalue weighted by molar-refractivity contribution is 6.34. The first-order valence-electron chi connectivity index (χ1n) is 5.87. The Morgan fingerprint density at radius 3 is 2.45 bits per heavy atom. The molecule has 0 aromatic heterocycles. The van der Waals surface area contributed by atoms with E-state index in [4.69, 9.17) is 33.7 Å². The summed E-state index contributed by atoms with van der Waals surface area (Å²) in [7, 11) is 0. The Morgan fingerprint density at radius 1 is 1.05 bits per heavy atom. The van der Waals surface area contributed by atoms with Crippen molar-refractivity contribution in [3.8, 4) is 11.5 Å². The Balaban J connectivity index is 1.89. The van der Waals surface area contributed by atoms with Gasteiger partial charge < -0.3 is 15.8 Å². The van der Waals surface area contributed by atoms with Crippen molar-refractivity contribution in [3.63, 3.8) is 0 Å². The van der Waals surface area contributed by atoms with Gasteiger partial charge in [0.15, 0.2) is 0 Å². The number of halogens is 2. The molecule has 0 bridgehead atoms. The summed E-state index contributed by atoms with van der Waals surface area (Å²) >= 11 is 11.8. The number of amides is 1. The molecule has 1 amide bonds. The Kier molecular flexibility index (Phi) is 3.30. The van der Waals surface area contributed by atoms with Gasteiger partial charge in [0.05, 0.1) is 0 Å². The van der Waals surface area contributed by atoms with E-state index >= 15 is 0 Å². The van der Waals surface area contributed by atoms with Crippen LogP contribution in [0.4, 0.5) is 5.69 Å². The molecule has 2 aromatic rings. The summed E-state index contributed by atoms with van der Waals surface area (Å²) < 4.78 is 5.67. The minimum absolute atomic E-state index is 0.219. The fourth-order valence-electron chi connectivity index (χ4n) is 2.05. The van der Waals surface area contributed by atoms with Gasteiger partial charge in [-0.3, -0.25) is 4.79 Å². The van der Waals surface area contributed by atoms with E-state index in [2.05, 4.69) is 5.32 Å². The molecule has 0 aliphatic carbocycles. The van der Waals surface area contributed by atoms with Gasteiger partial charge in [-0.25, -0.2) is 0 Å². The topological polar surface area (TPSA) is 64.4 Å². The number of nitrogens with one attached hydrogen (secondary N) is 1. The molecule has 0 saturated heterocycles. The number of nitrogens with two attached hydrogens (primary N) is 1. The van der Waals surface area contributed by atoms with Gasteiger partial charge in [0, 0.05) is 27.4 Å². The minimum atomic E-state index is -0.625. The summed E-state index contributed by atoms with van der Waals surface area (Å²) in [5.74, 6) is 0.871. The third-order valence-corrected chi connectivity index (χ3v) is 3.41. The van der Waals surface area contributed by atoms with Gasteiger partial charge in [0.1, 0.15) is 17.5 Å². The number of ether oxygens (including phenoxy) is 1. The van der Waals surface area contributed by atoms with E-state index in [0.29, 0.717) is 27.2 Å². The van der Waals surface area contributed by atoms with Crippen LogP contribution in [0.1, 0.15) is 11.6 Å². The summed E-state index contributed by atoms with van der Waals surface area (Å²) in [5, 5.41) is 3.68. The molecule has 3 rings (SSSR count). The molecule has 3 N–H and O–H groups in total. The number of carbonyl (C=O) groups excluding carboxylic acids is 1. The lowest BCUT2D eigenvalue weighted by Gasteiger charge is -2.08. The highest BCUT2D eigenvalue weighted by Crippen LogP contribution is 2.35. The van der Waals surface area contributed by atoms with E-state index in [0.717, 1.165) is 5.56 Å². The van der Waals surface area contributed by atoms with Crippen LogP contribution in [0.15, 0.2) is 36.4 Å². The van der Waals surface area contributed by atoms with Crippen molar-refractivity contribution < 1.29 is 9.53 Å². The van der Waals surface area contributed by atoms with Gasteiger partial charge in [-0.2, -0.15) is 0 Å². The molecule has 6 heteroatoms. The summed E-state index contributed by atoms with van der Waals surface area (Å²) in [6, 6.07) is 9.54. The second-order valence-corrected chi connectivity index (χ2v) is 5.30. The lowest BCUT2D eigenvalue weighted by atomic mass is 10.1. The van der Waals surface area contributed by atoms with Crippen LogP contribution in [-0.2, 0) is 4.79 Å². The molecule has 0 saturated carbocycles. The predicted molar refractivity (Wildman–Crippen MR) is 78.5 cm³/mol. The maximum absolute atomic E-state index is 11.5. The fraction of sp³-hybridized carbons (Fsp3) is 0.0714. The zero-order chi connectivity index (χ0) is 14.3. The Hall–Kier alpha value is -1.75. The first-order valence-corrected chi connectivity index (χ1v) is 6.63. The second kappa shape index (κ2) is 4.98. The van der Waals surface area contributed by atoms with Crippen molar-refractivity contribution in [3.05, 3.63) is 52.0 Å². The average Bonchev–Trinajstić information content (AvgIpc) is 2.63. The van der Waals surface area contributed by atoms with Crippen molar-refractivity contribution in [2.45, 2.75) is 6.04 Å². The maximum Gasteiger partial charge on any atom is 0.245 e. The normalized spacial score (nSPS) is 16.8. The Bertz CT molecular complexity index is 683. The van der Waals surface area contributed by atoms with Crippen LogP contribution in [-0.4, -0.2) is 5.91 Å². The number of benzene rings is 2. The van der Waals surface area contributed by atoms with Gasteiger partial charge >= 0.3 is 0 Å². The van der Waals surface area contributed by atoms with Crippen molar-refractivity contribution in [2.24, 2.45) is 5.73 Å². The summed E-state index contributed by atoms with van der Waals surface area (Å²) in [4.78, 5) is 11.5. The minimum Gasteiger partial charge on any atom is -0.457 e. The Morgan fingerprint density at radius 2 is 1.75 bits per heavy atom. The van der Waals surface area contributed by atoms with E-state index < -0.39 is 6.04 Å². The molecule has 1 aliphatic heterocycles. The maximum atomic E-state index is 11.5. The van der Waals surface area contributed by atoms with Gasteiger partial charge in [0.2, 0.25) is 5.91 Å². The SMILES string of the molecule is NC1C(=O)Nc2cc(Oc3cc(Cl)cc(Cl)c3)ccc21. The molecule has 2 aromatic carbocycles. The van der Waals surface area contributed by atoms with Gasteiger partial charge in [0.25, 0.3) is 0 Å². The molecule has 4 nitrogen and oxygen atoms in total. The second-order valence-electron chi connectivity index (χ2n) is 4.42.